The Morgan fingerprint density at radius 1 is 0.208 bits per heavy atom. The molecule has 0 amide bonds. The van der Waals surface area contributed by atoms with Crippen LogP contribution in [0.15, 0.2) is 188 Å². The van der Waals surface area contributed by atoms with Gasteiger partial charge in [0, 0.05) is 16.7 Å². The number of benzene rings is 7. The summed E-state index contributed by atoms with van der Waals surface area (Å²) >= 11 is 0. The summed E-state index contributed by atoms with van der Waals surface area (Å²) in [5.41, 5.74) is 12.0. The van der Waals surface area contributed by atoms with Crippen molar-refractivity contribution in [2.75, 3.05) is 0 Å². The van der Waals surface area contributed by atoms with Crippen LogP contribution in [0.4, 0.5) is 0 Å². The highest BCUT2D eigenvalue weighted by Crippen LogP contribution is 2.36. The second-order valence-electron chi connectivity index (χ2n) is 11.7. The zero-order valence-electron chi connectivity index (χ0n) is 26.2. The molecule has 0 spiro atoms. The summed E-state index contributed by atoms with van der Waals surface area (Å²) in [6.45, 7) is 0. The zero-order valence-corrected chi connectivity index (χ0v) is 26.2. The van der Waals surface area contributed by atoms with E-state index < -0.39 is 0 Å². The molecule has 0 bridgehead atoms. The SMILES string of the molecule is c1ccc(-c2ccc(-c3nc(-c4ccc(-c5ccccc5)cc4)nc(-c4ccc(-c5ccccc5)c(-c5ccccc5)c4)n3)cc2)cc1. The minimum absolute atomic E-state index is 0.631. The van der Waals surface area contributed by atoms with E-state index in [-0.39, 0.29) is 0 Å². The van der Waals surface area contributed by atoms with Crippen LogP contribution in [0.2, 0.25) is 0 Å². The van der Waals surface area contributed by atoms with Gasteiger partial charge in [-0.1, -0.05) is 182 Å². The van der Waals surface area contributed by atoms with Crippen molar-refractivity contribution in [1.29, 1.82) is 0 Å². The lowest BCUT2D eigenvalue weighted by molar-refractivity contribution is 1.07. The van der Waals surface area contributed by atoms with Crippen molar-refractivity contribution in [3.8, 4) is 78.7 Å². The normalized spacial score (nSPS) is 10.9. The van der Waals surface area contributed by atoms with Gasteiger partial charge in [0.25, 0.3) is 0 Å². The molecular weight excluding hydrogens is 583 g/mol. The van der Waals surface area contributed by atoms with Gasteiger partial charge < -0.3 is 0 Å². The highest BCUT2D eigenvalue weighted by Gasteiger charge is 2.16. The van der Waals surface area contributed by atoms with Gasteiger partial charge in [-0.3, -0.25) is 0 Å². The molecule has 0 atom stereocenters. The minimum Gasteiger partial charge on any atom is -0.208 e. The highest BCUT2D eigenvalue weighted by atomic mass is 15.0. The molecular formula is C45H31N3. The average Bonchev–Trinajstić information content (AvgIpc) is 3.19. The number of nitrogens with zero attached hydrogens (tertiary/aromatic N) is 3. The van der Waals surface area contributed by atoms with E-state index in [4.69, 9.17) is 15.0 Å². The van der Waals surface area contributed by atoms with Gasteiger partial charge in [-0.15, -0.1) is 0 Å². The Labute approximate surface area is 280 Å². The molecule has 0 radical (unpaired) electrons. The highest BCUT2D eigenvalue weighted by molar-refractivity contribution is 5.86. The van der Waals surface area contributed by atoms with E-state index in [9.17, 15) is 0 Å². The molecule has 0 saturated carbocycles. The van der Waals surface area contributed by atoms with Gasteiger partial charge in [-0.25, -0.2) is 15.0 Å². The summed E-state index contributed by atoms with van der Waals surface area (Å²) in [5.74, 6) is 1.90. The molecule has 7 aromatic carbocycles. The molecule has 226 valence electrons. The molecule has 1 heterocycles. The molecule has 0 unspecified atom stereocenters. The first-order valence-corrected chi connectivity index (χ1v) is 16.1. The molecule has 48 heavy (non-hydrogen) atoms. The Balaban J connectivity index is 1.26. The van der Waals surface area contributed by atoms with Crippen LogP contribution < -0.4 is 0 Å². The fourth-order valence-corrected chi connectivity index (χ4v) is 6.06. The molecule has 1 aromatic heterocycles. The summed E-state index contributed by atoms with van der Waals surface area (Å²) in [6, 6.07) is 65.2. The van der Waals surface area contributed by atoms with Gasteiger partial charge in [0.15, 0.2) is 17.5 Å². The van der Waals surface area contributed by atoms with Crippen LogP contribution in [0.25, 0.3) is 78.7 Å². The van der Waals surface area contributed by atoms with Crippen molar-refractivity contribution in [2.24, 2.45) is 0 Å². The van der Waals surface area contributed by atoms with Crippen molar-refractivity contribution in [3.63, 3.8) is 0 Å². The molecule has 0 aliphatic heterocycles. The maximum absolute atomic E-state index is 5.08. The third kappa shape index (κ3) is 6.05. The third-order valence-corrected chi connectivity index (χ3v) is 8.58. The first-order valence-electron chi connectivity index (χ1n) is 16.1. The van der Waals surface area contributed by atoms with Crippen molar-refractivity contribution < 1.29 is 0 Å². The average molecular weight is 614 g/mol. The van der Waals surface area contributed by atoms with Gasteiger partial charge in [-0.2, -0.15) is 0 Å². The van der Waals surface area contributed by atoms with E-state index in [0.29, 0.717) is 17.5 Å². The topological polar surface area (TPSA) is 38.7 Å². The number of aromatic nitrogens is 3. The largest absolute Gasteiger partial charge is 0.208 e. The number of hydrogen-bond donors (Lipinski definition) is 0. The lowest BCUT2D eigenvalue weighted by atomic mass is 9.92. The molecule has 0 aliphatic rings. The van der Waals surface area contributed by atoms with Crippen molar-refractivity contribution >= 4 is 0 Å². The van der Waals surface area contributed by atoms with Crippen LogP contribution in [0, 0.1) is 0 Å². The van der Waals surface area contributed by atoms with E-state index in [1.54, 1.807) is 0 Å². The smallest absolute Gasteiger partial charge is 0.164 e. The Bertz CT molecular complexity index is 2180. The lowest BCUT2D eigenvalue weighted by Crippen LogP contribution is -2.00. The summed E-state index contributed by atoms with van der Waals surface area (Å²) in [6.07, 6.45) is 0. The van der Waals surface area contributed by atoms with E-state index in [1.807, 2.05) is 24.3 Å². The third-order valence-electron chi connectivity index (χ3n) is 8.58. The first kappa shape index (κ1) is 29.0. The summed E-state index contributed by atoms with van der Waals surface area (Å²) in [5, 5.41) is 0. The van der Waals surface area contributed by atoms with Crippen LogP contribution >= 0.6 is 0 Å². The summed E-state index contributed by atoms with van der Waals surface area (Å²) in [4.78, 5) is 15.2. The van der Waals surface area contributed by atoms with Crippen LogP contribution in [0.3, 0.4) is 0 Å². The molecule has 0 N–H and O–H groups in total. The molecule has 3 heteroatoms. The molecule has 0 saturated heterocycles. The Morgan fingerprint density at radius 3 is 0.917 bits per heavy atom. The predicted molar refractivity (Wildman–Crippen MR) is 198 cm³/mol. The van der Waals surface area contributed by atoms with Gasteiger partial charge in [0.2, 0.25) is 0 Å². The maximum atomic E-state index is 5.08. The second-order valence-corrected chi connectivity index (χ2v) is 11.7. The minimum atomic E-state index is 0.631. The molecule has 8 aromatic rings. The fourth-order valence-electron chi connectivity index (χ4n) is 6.06. The van der Waals surface area contributed by atoms with Gasteiger partial charge in [0.05, 0.1) is 0 Å². The molecule has 8 rings (SSSR count). The van der Waals surface area contributed by atoms with Gasteiger partial charge in [-0.05, 0) is 50.6 Å². The zero-order chi connectivity index (χ0) is 32.1. The van der Waals surface area contributed by atoms with Crippen LogP contribution in [-0.4, -0.2) is 15.0 Å². The number of hydrogen-bond acceptors (Lipinski definition) is 3. The van der Waals surface area contributed by atoms with Crippen molar-refractivity contribution in [3.05, 3.63) is 188 Å². The first-order chi connectivity index (χ1) is 23.8. The van der Waals surface area contributed by atoms with Crippen molar-refractivity contribution in [1.82, 2.24) is 15.0 Å². The van der Waals surface area contributed by atoms with Crippen LogP contribution in [0.1, 0.15) is 0 Å². The molecule has 0 fully saturated rings. The predicted octanol–water partition coefficient (Wildman–Crippen LogP) is 11.5. The van der Waals surface area contributed by atoms with E-state index in [2.05, 4.69) is 164 Å². The van der Waals surface area contributed by atoms with E-state index in [0.717, 1.165) is 50.1 Å². The summed E-state index contributed by atoms with van der Waals surface area (Å²) in [7, 11) is 0. The Hall–Kier alpha value is -6.45. The van der Waals surface area contributed by atoms with E-state index in [1.165, 1.54) is 11.1 Å². The Morgan fingerprint density at radius 2 is 0.500 bits per heavy atom. The van der Waals surface area contributed by atoms with Crippen LogP contribution in [-0.2, 0) is 0 Å². The van der Waals surface area contributed by atoms with Crippen LogP contribution in [0.5, 0.6) is 0 Å². The van der Waals surface area contributed by atoms with E-state index >= 15 is 0 Å². The fraction of sp³-hybridized carbons (Fsp3) is 0. The number of rotatable bonds is 7. The van der Waals surface area contributed by atoms with Gasteiger partial charge >= 0.3 is 0 Å². The second kappa shape index (κ2) is 13.1. The molecule has 0 aliphatic carbocycles. The summed E-state index contributed by atoms with van der Waals surface area (Å²) < 4.78 is 0. The Kier molecular flexibility index (Phi) is 7.92. The maximum Gasteiger partial charge on any atom is 0.164 e. The van der Waals surface area contributed by atoms with Crippen molar-refractivity contribution in [2.45, 2.75) is 0 Å². The lowest BCUT2D eigenvalue weighted by Gasteiger charge is -2.14. The molecule has 3 nitrogen and oxygen atoms in total. The monoisotopic (exact) mass is 613 g/mol. The standard InChI is InChI=1S/C45H31N3/c1-5-13-32(14-6-1)34-21-25-38(26-22-34)43-46-44(39-27-23-35(24-28-39)33-15-7-2-8-16-33)48-45(47-43)40-29-30-41(36-17-9-3-10-18-36)42(31-40)37-19-11-4-12-20-37/h1-31H. The van der Waals surface area contributed by atoms with Gasteiger partial charge in [0.1, 0.15) is 0 Å². The quantitative estimate of drug-likeness (QED) is 0.179.